The number of hydrogen-bond acceptors (Lipinski definition) is 4. The van der Waals surface area contributed by atoms with E-state index in [9.17, 15) is 9.59 Å². The Bertz CT molecular complexity index is 790. The number of methoxy groups -OCH3 is 1. The minimum Gasteiger partial charge on any atom is -0.495 e. The summed E-state index contributed by atoms with van der Waals surface area (Å²) in [5.41, 5.74) is 1.69. The van der Waals surface area contributed by atoms with Crippen LogP contribution in [-0.2, 0) is 6.54 Å². The summed E-state index contributed by atoms with van der Waals surface area (Å²) in [5, 5.41) is 11.9. The van der Waals surface area contributed by atoms with Gasteiger partial charge in [0.15, 0.2) is 0 Å². The third-order valence-corrected chi connectivity index (χ3v) is 4.24. The highest BCUT2D eigenvalue weighted by Crippen LogP contribution is 2.23. The third kappa shape index (κ3) is 6.28. The quantitative estimate of drug-likeness (QED) is 0.692. The van der Waals surface area contributed by atoms with Crippen molar-refractivity contribution in [2.45, 2.75) is 13.0 Å². The van der Waals surface area contributed by atoms with Crippen molar-refractivity contribution in [2.24, 2.45) is 0 Å². The third-order valence-electron chi connectivity index (χ3n) is 4.24. The van der Waals surface area contributed by atoms with Crippen LogP contribution in [0.15, 0.2) is 48.5 Å². The number of para-hydroxylation sites is 2. The largest absolute Gasteiger partial charge is 0.495 e. The maximum absolute atomic E-state index is 12.9. The number of ether oxygens (including phenoxy) is 1. The number of carbonyl (C=O) groups is 2. The number of rotatable bonds is 9. The van der Waals surface area contributed by atoms with Gasteiger partial charge < -0.3 is 25.0 Å². The van der Waals surface area contributed by atoms with E-state index in [4.69, 9.17) is 9.84 Å². The molecule has 0 saturated heterocycles. The second-order valence-corrected chi connectivity index (χ2v) is 6.71. The van der Waals surface area contributed by atoms with Gasteiger partial charge in [0.05, 0.1) is 18.4 Å². The predicted molar refractivity (Wildman–Crippen MR) is 109 cm³/mol. The molecular weight excluding hydrogens is 358 g/mol. The first-order valence-electron chi connectivity index (χ1n) is 9.06. The topological polar surface area (TPSA) is 82.1 Å². The van der Waals surface area contributed by atoms with Gasteiger partial charge in [0, 0.05) is 13.1 Å². The summed E-state index contributed by atoms with van der Waals surface area (Å²) < 4.78 is 5.30. The molecule has 7 nitrogen and oxygen atoms in total. The summed E-state index contributed by atoms with van der Waals surface area (Å²) >= 11 is 0. The SMILES string of the molecule is COc1ccccc1NC(=O)N(CCCN(C)C)Cc1ccc(C(=O)O)cc1. The van der Waals surface area contributed by atoms with Gasteiger partial charge in [0.2, 0.25) is 0 Å². The monoisotopic (exact) mass is 385 g/mol. The molecule has 0 saturated carbocycles. The average molecular weight is 385 g/mol. The molecule has 0 aliphatic carbocycles. The van der Waals surface area contributed by atoms with E-state index in [0.717, 1.165) is 18.5 Å². The number of nitrogens with one attached hydrogen (secondary N) is 1. The lowest BCUT2D eigenvalue weighted by Crippen LogP contribution is -2.36. The number of urea groups is 1. The number of aromatic carboxylic acids is 1. The molecule has 2 rings (SSSR count). The van der Waals surface area contributed by atoms with Crippen LogP contribution in [0.1, 0.15) is 22.3 Å². The van der Waals surface area contributed by atoms with Crippen LogP contribution in [0.3, 0.4) is 0 Å². The Hall–Kier alpha value is -3.06. The van der Waals surface area contributed by atoms with Crippen molar-refractivity contribution in [3.8, 4) is 5.75 Å². The van der Waals surface area contributed by atoms with Gasteiger partial charge in [0.25, 0.3) is 0 Å². The summed E-state index contributed by atoms with van der Waals surface area (Å²) in [6, 6.07) is 13.6. The van der Waals surface area contributed by atoms with Gasteiger partial charge in [-0.15, -0.1) is 0 Å². The summed E-state index contributed by atoms with van der Waals surface area (Å²) in [6.07, 6.45) is 0.819. The highest BCUT2D eigenvalue weighted by Gasteiger charge is 2.16. The lowest BCUT2D eigenvalue weighted by Gasteiger charge is -2.24. The maximum Gasteiger partial charge on any atom is 0.335 e. The number of carboxylic acids is 1. The molecule has 2 amide bonds. The predicted octanol–water partition coefficient (Wildman–Crippen LogP) is 3.38. The van der Waals surface area contributed by atoms with Crippen LogP contribution in [0.25, 0.3) is 0 Å². The molecule has 0 atom stereocenters. The number of carbonyl (C=O) groups excluding carboxylic acids is 1. The van der Waals surface area contributed by atoms with Crippen LogP contribution >= 0.6 is 0 Å². The molecule has 0 aliphatic heterocycles. The molecule has 2 N–H and O–H groups in total. The first-order chi connectivity index (χ1) is 13.4. The van der Waals surface area contributed by atoms with E-state index in [1.807, 2.05) is 26.2 Å². The van der Waals surface area contributed by atoms with Gasteiger partial charge >= 0.3 is 12.0 Å². The van der Waals surface area contributed by atoms with Crippen LogP contribution in [0.5, 0.6) is 5.75 Å². The fraction of sp³-hybridized carbons (Fsp3) is 0.333. The van der Waals surface area contributed by atoms with E-state index in [-0.39, 0.29) is 11.6 Å². The van der Waals surface area contributed by atoms with Crippen molar-refractivity contribution in [3.63, 3.8) is 0 Å². The summed E-state index contributed by atoms with van der Waals surface area (Å²) in [4.78, 5) is 27.7. The van der Waals surface area contributed by atoms with Gasteiger partial charge in [-0.2, -0.15) is 0 Å². The van der Waals surface area contributed by atoms with E-state index in [1.54, 1.807) is 48.4 Å². The summed E-state index contributed by atoms with van der Waals surface area (Å²) in [7, 11) is 5.54. The van der Waals surface area contributed by atoms with Gasteiger partial charge in [-0.1, -0.05) is 24.3 Å². The van der Waals surface area contributed by atoms with E-state index in [0.29, 0.717) is 24.5 Å². The van der Waals surface area contributed by atoms with Gasteiger partial charge in [-0.25, -0.2) is 9.59 Å². The van der Waals surface area contributed by atoms with Crippen LogP contribution in [0, 0.1) is 0 Å². The fourth-order valence-electron chi connectivity index (χ4n) is 2.75. The zero-order valence-corrected chi connectivity index (χ0v) is 16.5. The molecule has 0 spiro atoms. The molecule has 0 fully saturated rings. The molecule has 0 aromatic heterocycles. The summed E-state index contributed by atoms with van der Waals surface area (Å²) in [6.45, 7) is 1.81. The zero-order valence-electron chi connectivity index (χ0n) is 16.5. The van der Waals surface area contributed by atoms with Crippen LogP contribution in [0.2, 0.25) is 0 Å². The Labute approximate surface area is 165 Å². The number of nitrogens with zero attached hydrogens (tertiary/aromatic N) is 2. The molecule has 2 aromatic carbocycles. The van der Waals surface area contributed by atoms with Gasteiger partial charge in [-0.3, -0.25) is 0 Å². The molecule has 28 heavy (non-hydrogen) atoms. The first-order valence-corrected chi connectivity index (χ1v) is 9.06. The van der Waals surface area contributed by atoms with Crippen molar-refractivity contribution >= 4 is 17.7 Å². The second-order valence-electron chi connectivity index (χ2n) is 6.71. The average Bonchev–Trinajstić information content (AvgIpc) is 2.67. The molecule has 0 heterocycles. The van der Waals surface area contributed by atoms with Gasteiger partial charge in [0.1, 0.15) is 5.75 Å². The maximum atomic E-state index is 12.9. The Morgan fingerprint density at radius 2 is 1.71 bits per heavy atom. The summed E-state index contributed by atoms with van der Waals surface area (Å²) in [5.74, 6) is -0.377. The van der Waals surface area contributed by atoms with E-state index < -0.39 is 5.97 Å². The lowest BCUT2D eigenvalue weighted by molar-refractivity contribution is 0.0697. The number of hydrogen-bond donors (Lipinski definition) is 2. The van der Waals surface area contributed by atoms with Crippen molar-refractivity contribution in [3.05, 3.63) is 59.7 Å². The second kappa shape index (κ2) is 10.3. The Balaban J connectivity index is 2.12. The highest BCUT2D eigenvalue weighted by atomic mass is 16.5. The van der Waals surface area contributed by atoms with Crippen molar-refractivity contribution in [1.29, 1.82) is 0 Å². The van der Waals surface area contributed by atoms with E-state index >= 15 is 0 Å². The molecule has 0 bridgehead atoms. The van der Waals surface area contributed by atoms with Crippen molar-refractivity contribution in [2.75, 3.05) is 39.6 Å². The number of carboxylic acid groups (broad SMARTS) is 1. The fourth-order valence-corrected chi connectivity index (χ4v) is 2.75. The van der Waals surface area contributed by atoms with E-state index in [1.165, 1.54) is 0 Å². The number of anilines is 1. The Kier molecular flexibility index (Phi) is 7.83. The van der Waals surface area contributed by atoms with Crippen molar-refractivity contribution < 1.29 is 19.4 Å². The minimum atomic E-state index is -0.969. The Morgan fingerprint density at radius 1 is 1.04 bits per heavy atom. The normalized spacial score (nSPS) is 10.6. The highest BCUT2D eigenvalue weighted by molar-refractivity contribution is 5.91. The molecule has 0 aliphatic rings. The van der Waals surface area contributed by atoms with Crippen LogP contribution in [0.4, 0.5) is 10.5 Å². The Morgan fingerprint density at radius 3 is 2.32 bits per heavy atom. The van der Waals surface area contributed by atoms with Gasteiger partial charge in [-0.05, 0) is 56.9 Å². The molecule has 0 radical (unpaired) electrons. The zero-order chi connectivity index (χ0) is 20.5. The smallest absolute Gasteiger partial charge is 0.335 e. The standard InChI is InChI=1S/C21H27N3O4/c1-23(2)13-6-14-24(15-16-9-11-17(12-10-16)20(25)26)21(27)22-18-7-4-5-8-19(18)28-3/h4-5,7-12H,6,13-15H2,1-3H3,(H,22,27)(H,25,26). The molecule has 2 aromatic rings. The molecule has 0 unspecified atom stereocenters. The molecular formula is C21H27N3O4. The molecule has 150 valence electrons. The number of benzene rings is 2. The van der Waals surface area contributed by atoms with Crippen molar-refractivity contribution in [1.82, 2.24) is 9.80 Å². The minimum absolute atomic E-state index is 0.224. The molecule has 7 heteroatoms. The number of amides is 2. The van der Waals surface area contributed by atoms with E-state index in [2.05, 4.69) is 10.2 Å². The first kappa shape index (κ1) is 21.2. The van der Waals surface area contributed by atoms with Crippen LogP contribution < -0.4 is 10.1 Å². The van der Waals surface area contributed by atoms with Crippen LogP contribution in [-0.4, -0.2) is 61.2 Å². The lowest BCUT2D eigenvalue weighted by atomic mass is 10.1.